The van der Waals surface area contributed by atoms with Gasteiger partial charge >= 0.3 is 0 Å². The van der Waals surface area contributed by atoms with Crippen LogP contribution < -0.4 is 4.74 Å². The lowest BCUT2D eigenvalue weighted by Gasteiger charge is -2.18. The number of ether oxygens (including phenoxy) is 1. The lowest BCUT2D eigenvalue weighted by Crippen LogP contribution is -2.27. The smallest absolute Gasteiger partial charge is 0.132 e. The second-order valence-corrected chi connectivity index (χ2v) is 4.47. The van der Waals surface area contributed by atoms with Gasteiger partial charge in [0.1, 0.15) is 12.4 Å². The van der Waals surface area contributed by atoms with Crippen molar-refractivity contribution in [2.45, 2.75) is 13.8 Å². The van der Waals surface area contributed by atoms with Gasteiger partial charge in [0.2, 0.25) is 0 Å². The minimum atomic E-state index is 0.766. The normalized spacial score (nSPS) is 10.7. The van der Waals surface area contributed by atoms with Crippen LogP contribution in [0.25, 0.3) is 0 Å². The van der Waals surface area contributed by atoms with E-state index in [-0.39, 0.29) is 0 Å². The van der Waals surface area contributed by atoms with E-state index in [2.05, 4.69) is 47.4 Å². The summed E-state index contributed by atoms with van der Waals surface area (Å²) in [6.07, 6.45) is 0. The Morgan fingerprint density at radius 2 is 1.87 bits per heavy atom. The first-order valence-corrected chi connectivity index (χ1v) is 6.45. The molecule has 2 nitrogen and oxygen atoms in total. The van der Waals surface area contributed by atoms with E-state index < -0.39 is 0 Å². The molecular formula is C12H18INO. The Hall–Kier alpha value is -0.290. The van der Waals surface area contributed by atoms with Gasteiger partial charge in [-0.1, -0.05) is 26.0 Å². The Morgan fingerprint density at radius 1 is 1.20 bits per heavy atom. The Labute approximate surface area is 106 Å². The molecule has 0 bridgehead atoms. The fourth-order valence-electron chi connectivity index (χ4n) is 1.39. The molecule has 3 heteroatoms. The molecule has 0 spiro atoms. The van der Waals surface area contributed by atoms with E-state index in [1.54, 1.807) is 0 Å². The van der Waals surface area contributed by atoms with Crippen molar-refractivity contribution in [3.8, 4) is 5.75 Å². The molecule has 1 aromatic rings. The topological polar surface area (TPSA) is 12.5 Å². The molecule has 0 fully saturated rings. The molecule has 0 aliphatic rings. The summed E-state index contributed by atoms with van der Waals surface area (Å²) in [7, 11) is 0. The van der Waals surface area contributed by atoms with Crippen molar-refractivity contribution in [1.82, 2.24) is 4.90 Å². The van der Waals surface area contributed by atoms with Crippen molar-refractivity contribution in [3.63, 3.8) is 0 Å². The largest absolute Gasteiger partial charge is 0.491 e. The van der Waals surface area contributed by atoms with Crippen molar-refractivity contribution in [2.24, 2.45) is 0 Å². The quantitative estimate of drug-likeness (QED) is 0.748. The van der Waals surface area contributed by atoms with Gasteiger partial charge in [-0.25, -0.2) is 0 Å². The summed E-state index contributed by atoms with van der Waals surface area (Å²) >= 11 is 2.30. The van der Waals surface area contributed by atoms with Crippen LogP contribution >= 0.6 is 22.6 Å². The van der Waals surface area contributed by atoms with E-state index in [1.807, 2.05) is 18.2 Å². The predicted molar refractivity (Wildman–Crippen MR) is 72.4 cm³/mol. The summed E-state index contributed by atoms with van der Waals surface area (Å²) in [5.74, 6) is 0.991. The van der Waals surface area contributed by atoms with E-state index in [4.69, 9.17) is 4.74 Å². The molecule has 0 saturated carbocycles. The monoisotopic (exact) mass is 319 g/mol. The number of benzene rings is 1. The van der Waals surface area contributed by atoms with Crippen LogP contribution in [0, 0.1) is 3.57 Å². The third kappa shape index (κ3) is 4.38. The molecule has 0 heterocycles. The molecule has 0 unspecified atom stereocenters. The van der Waals surface area contributed by atoms with Gasteiger partial charge in [-0.2, -0.15) is 0 Å². The molecule has 84 valence electrons. The van der Waals surface area contributed by atoms with Crippen molar-refractivity contribution in [3.05, 3.63) is 27.8 Å². The lowest BCUT2D eigenvalue weighted by atomic mass is 10.3. The van der Waals surface area contributed by atoms with Crippen molar-refractivity contribution < 1.29 is 4.74 Å². The number of rotatable bonds is 6. The van der Waals surface area contributed by atoms with Crippen molar-refractivity contribution in [1.29, 1.82) is 0 Å². The molecule has 0 radical (unpaired) electrons. The fraction of sp³-hybridized carbons (Fsp3) is 0.500. The third-order valence-corrected chi connectivity index (χ3v) is 3.29. The van der Waals surface area contributed by atoms with E-state index >= 15 is 0 Å². The summed E-state index contributed by atoms with van der Waals surface area (Å²) in [6, 6.07) is 8.12. The maximum Gasteiger partial charge on any atom is 0.132 e. The first-order chi connectivity index (χ1) is 7.27. The standard InChI is InChI=1S/C12H18INO/c1-3-14(4-2)9-10-15-12-8-6-5-7-11(12)13/h5-8H,3-4,9-10H2,1-2H3. The highest BCUT2D eigenvalue weighted by molar-refractivity contribution is 14.1. The van der Waals surface area contributed by atoms with Gasteiger partial charge in [0, 0.05) is 6.54 Å². The van der Waals surface area contributed by atoms with E-state index in [9.17, 15) is 0 Å². The summed E-state index contributed by atoms with van der Waals surface area (Å²) in [6.45, 7) is 8.29. The second-order valence-electron chi connectivity index (χ2n) is 3.31. The number of hydrogen-bond donors (Lipinski definition) is 0. The van der Waals surface area contributed by atoms with Gasteiger partial charge in [-0.05, 0) is 47.8 Å². The minimum Gasteiger partial charge on any atom is -0.491 e. The Balaban J connectivity index is 2.34. The molecule has 0 atom stereocenters. The van der Waals surface area contributed by atoms with Gasteiger partial charge in [0.25, 0.3) is 0 Å². The average molecular weight is 319 g/mol. The average Bonchev–Trinajstić information content (AvgIpc) is 2.27. The molecular weight excluding hydrogens is 301 g/mol. The van der Waals surface area contributed by atoms with Crippen LogP contribution in [0.3, 0.4) is 0 Å². The highest BCUT2D eigenvalue weighted by Crippen LogP contribution is 2.19. The number of hydrogen-bond acceptors (Lipinski definition) is 2. The Bertz CT molecular complexity index is 287. The molecule has 0 aliphatic carbocycles. The highest BCUT2D eigenvalue weighted by atomic mass is 127. The molecule has 0 aromatic heterocycles. The first-order valence-electron chi connectivity index (χ1n) is 5.37. The highest BCUT2D eigenvalue weighted by Gasteiger charge is 2.01. The van der Waals surface area contributed by atoms with Gasteiger partial charge in [-0.15, -0.1) is 0 Å². The molecule has 0 aliphatic heterocycles. The fourth-order valence-corrected chi connectivity index (χ4v) is 1.93. The number of likely N-dealkylation sites (N-methyl/N-ethyl adjacent to an activating group) is 1. The van der Waals surface area contributed by atoms with E-state index in [0.717, 1.165) is 32.0 Å². The van der Waals surface area contributed by atoms with Crippen LogP contribution in [0.1, 0.15) is 13.8 Å². The zero-order valence-corrected chi connectivity index (χ0v) is 11.5. The van der Waals surface area contributed by atoms with E-state index in [0.29, 0.717) is 0 Å². The van der Waals surface area contributed by atoms with Gasteiger partial charge in [0.05, 0.1) is 3.57 Å². The zero-order valence-electron chi connectivity index (χ0n) is 9.37. The third-order valence-electron chi connectivity index (χ3n) is 2.40. The van der Waals surface area contributed by atoms with E-state index in [1.165, 1.54) is 3.57 Å². The van der Waals surface area contributed by atoms with Crippen LogP contribution in [0.15, 0.2) is 24.3 Å². The minimum absolute atomic E-state index is 0.766. The number of para-hydroxylation sites is 1. The predicted octanol–water partition coefficient (Wildman–Crippen LogP) is 3.01. The lowest BCUT2D eigenvalue weighted by molar-refractivity contribution is 0.222. The molecule has 15 heavy (non-hydrogen) atoms. The molecule has 1 aromatic carbocycles. The zero-order chi connectivity index (χ0) is 11.1. The summed E-state index contributed by atoms with van der Waals surface area (Å²) < 4.78 is 6.90. The molecule has 0 amide bonds. The number of nitrogens with zero attached hydrogens (tertiary/aromatic N) is 1. The molecule has 0 saturated heterocycles. The van der Waals surface area contributed by atoms with Crippen LogP contribution in [0.2, 0.25) is 0 Å². The summed E-state index contributed by atoms with van der Waals surface area (Å²) in [5, 5.41) is 0. The van der Waals surface area contributed by atoms with Gasteiger partial charge in [-0.3, -0.25) is 0 Å². The number of halogens is 1. The van der Waals surface area contributed by atoms with Crippen molar-refractivity contribution >= 4 is 22.6 Å². The molecule has 0 N–H and O–H groups in total. The van der Waals surface area contributed by atoms with Gasteiger partial charge < -0.3 is 9.64 Å². The second kappa shape index (κ2) is 7.06. The van der Waals surface area contributed by atoms with Crippen LogP contribution in [-0.4, -0.2) is 31.1 Å². The van der Waals surface area contributed by atoms with Crippen molar-refractivity contribution in [2.75, 3.05) is 26.2 Å². The maximum absolute atomic E-state index is 5.72. The maximum atomic E-state index is 5.72. The SMILES string of the molecule is CCN(CC)CCOc1ccccc1I. The summed E-state index contributed by atoms with van der Waals surface area (Å²) in [4.78, 5) is 2.36. The van der Waals surface area contributed by atoms with Crippen LogP contribution in [0.5, 0.6) is 5.75 Å². The first kappa shape index (κ1) is 12.8. The molecule has 1 rings (SSSR count). The van der Waals surface area contributed by atoms with Crippen LogP contribution in [-0.2, 0) is 0 Å². The Morgan fingerprint density at radius 3 is 2.47 bits per heavy atom. The van der Waals surface area contributed by atoms with Crippen LogP contribution in [0.4, 0.5) is 0 Å². The summed E-state index contributed by atoms with van der Waals surface area (Å²) in [5.41, 5.74) is 0. The van der Waals surface area contributed by atoms with Gasteiger partial charge in [0.15, 0.2) is 0 Å². The Kier molecular flexibility index (Phi) is 6.02.